The summed E-state index contributed by atoms with van der Waals surface area (Å²) in [5, 5.41) is 0. The molecule has 2 aromatic rings. The normalized spacial score (nSPS) is 20.3. The van der Waals surface area contributed by atoms with Gasteiger partial charge in [-0.2, -0.15) is 0 Å². The lowest BCUT2D eigenvalue weighted by Gasteiger charge is -2.36. The van der Waals surface area contributed by atoms with E-state index in [1.807, 2.05) is 9.80 Å². The Hall–Kier alpha value is -2.18. The second-order valence-corrected chi connectivity index (χ2v) is 6.21. The van der Waals surface area contributed by atoms with Crippen LogP contribution in [0.2, 0.25) is 0 Å². The molecule has 2 aromatic heterocycles. The van der Waals surface area contributed by atoms with Crippen LogP contribution >= 0.6 is 0 Å². The Labute approximate surface area is 128 Å². The zero-order valence-electron chi connectivity index (χ0n) is 12.5. The highest BCUT2D eigenvalue weighted by Gasteiger charge is 2.28. The third kappa shape index (κ3) is 2.40. The number of carbonyl (C=O) groups excluding carboxylic acids is 1. The van der Waals surface area contributed by atoms with E-state index in [0.29, 0.717) is 18.1 Å². The van der Waals surface area contributed by atoms with Crippen molar-refractivity contribution < 1.29 is 4.79 Å². The lowest BCUT2D eigenvalue weighted by Crippen LogP contribution is -2.51. The minimum absolute atomic E-state index is 0.199. The summed E-state index contributed by atoms with van der Waals surface area (Å²) in [4.78, 5) is 32.2. The predicted octanol–water partition coefficient (Wildman–Crippen LogP) is 1.19. The molecule has 22 heavy (non-hydrogen) atoms. The van der Waals surface area contributed by atoms with Crippen molar-refractivity contribution in [1.82, 2.24) is 24.8 Å². The van der Waals surface area contributed by atoms with E-state index in [1.165, 1.54) is 32.0 Å². The third-order valence-corrected chi connectivity index (χ3v) is 4.77. The summed E-state index contributed by atoms with van der Waals surface area (Å²) in [5.74, 6) is 1.68. The van der Waals surface area contributed by atoms with Gasteiger partial charge in [-0.3, -0.25) is 4.79 Å². The first-order valence-corrected chi connectivity index (χ1v) is 7.98. The monoisotopic (exact) mass is 300 g/mol. The van der Waals surface area contributed by atoms with Gasteiger partial charge in [0.2, 0.25) is 5.91 Å². The van der Waals surface area contributed by atoms with Crippen molar-refractivity contribution in [3.05, 3.63) is 12.7 Å². The van der Waals surface area contributed by atoms with Gasteiger partial charge in [0.15, 0.2) is 11.5 Å². The number of aromatic nitrogens is 4. The van der Waals surface area contributed by atoms with E-state index in [1.54, 1.807) is 6.33 Å². The summed E-state index contributed by atoms with van der Waals surface area (Å²) < 4.78 is 0. The molecule has 4 rings (SSSR count). The van der Waals surface area contributed by atoms with Crippen molar-refractivity contribution in [2.45, 2.75) is 25.7 Å². The molecule has 1 saturated carbocycles. The molecule has 0 spiro atoms. The average Bonchev–Trinajstić information content (AvgIpc) is 3.19. The molecule has 0 radical (unpaired) electrons. The number of piperazine rings is 1. The highest BCUT2D eigenvalue weighted by Crippen LogP contribution is 2.27. The number of amides is 1. The SMILES string of the molecule is O=C1CN(c2ncnc3nc[nH]c23)CCN1CC1CCCC1. The third-order valence-electron chi connectivity index (χ3n) is 4.77. The van der Waals surface area contributed by atoms with Gasteiger partial charge in [0.05, 0.1) is 12.9 Å². The summed E-state index contributed by atoms with van der Waals surface area (Å²) in [5.41, 5.74) is 1.45. The molecule has 1 aliphatic carbocycles. The zero-order chi connectivity index (χ0) is 14.9. The lowest BCUT2D eigenvalue weighted by molar-refractivity contribution is -0.131. The first-order valence-electron chi connectivity index (χ1n) is 7.98. The standard InChI is InChI=1S/C15H20N6O/c22-12-8-21(6-5-20(12)7-11-3-1-2-4-11)15-13-14(17-9-16-13)18-10-19-15/h9-11H,1-8H2,(H,16,17,18,19). The number of hydrogen-bond acceptors (Lipinski definition) is 5. The number of carbonyl (C=O) groups is 1. The molecule has 3 heterocycles. The van der Waals surface area contributed by atoms with Crippen LogP contribution in [0.15, 0.2) is 12.7 Å². The molecule has 1 N–H and O–H groups in total. The van der Waals surface area contributed by atoms with Crippen LogP contribution in [0, 0.1) is 5.92 Å². The summed E-state index contributed by atoms with van der Waals surface area (Å²) >= 11 is 0. The summed E-state index contributed by atoms with van der Waals surface area (Å²) in [6.07, 6.45) is 8.30. The van der Waals surface area contributed by atoms with Crippen molar-refractivity contribution in [2.75, 3.05) is 31.1 Å². The van der Waals surface area contributed by atoms with Crippen LogP contribution in [0.5, 0.6) is 0 Å². The number of nitrogens with one attached hydrogen (secondary N) is 1. The number of nitrogens with zero attached hydrogens (tertiary/aromatic N) is 5. The van der Waals surface area contributed by atoms with Crippen LogP contribution < -0.4 is 4.90 Å². The molecule has 2 aliphatic rings. The molecule has 0 aromatic carbocycles. The Balaban J connectivity index is 1.48. The van der Waals surface area contributed by atoms with Crippen molar-refractivity contribution >= 4 is 22.9 Å². The average molecular weight is 300 g/mol. The van der Waals surface area contributed by atoms with Gasteiger partial charge in [0.1, 0.15) is 11.8 Å². The second kappa shape index (κ2) is 5.55. The number of fused-ring (bicyclic) bond motifs is 1. The molecule has 0 bridgehead atoms. The lowest BCUT2D eigenvalue weighted by atomic mass is 10.1. The number of H-pyrrole nitrogens is 1. The molecule has 2 fully saturated rings. The summed E-state index contributed by atoms with van der Waals surface area (Å²) in [6, 6.07) is 0. The van der Waals surface area contributed by atoms with Crippen LogP contribution in [0.3, 0.4) is 0 Å². The largest absolute Gasteiger partial charge is 0.344 e. The fourth-order valence-electron chi connectivity index (χ4n) is 3.58. The minimum Gasteiger partial charge on any atom is -0.344 e. The number of hydrogen-bond donors (Lipinski definition) is 1. The molecule has 1 amide bonds. The maximum atomic E-state index is 12.5. The number of anilines is 1. The van der Waals surface area contributed by atoms with Crippen LogP contribution in [-0.2, 0) is 4.79 Å². The van der Waals surface area contributed by atoms with Gasteiger partial charge in [0.25, 0.3) is 0 Å². The fourth-order valence-corrected chi connectivity index (χ4v) is 3.58. The maximum Gasteiger partial charge on any atom is 0.242 e. The molecule has 7 nitrogen and oxygen atoms in total. The Kier molecular flexibility index (Phi) is 3.40. The van der Waals surface area contributed by atoms with E-state index in [-0.39, 0.29) is 5.91 Å². The molecule has 116 valence electrons. The van der Waals surface area contributed by atoms with Crippen molar-refractivity contribution in [2.24, 2.45) is 5.92 Å². The van der Waals surface area contributed by atoms with Crippen molar-refractivity contribution in [3.63, 3.8) is 0 Å². The number of aromatic amines is 1. The van der Waals surface area contributed by atoms with E-state index >= 15 is 0 Å². The Morgan fingerprint density at radius 1 is 1.18 bits per heavy atom. The van der Waals surface area contributed by atoms with Gasteiger partial charge in [-0.15, -0.1) is 0 Å². The topological polar surface area (TPSA) is 78.0 Å². The zero-order valence-corrected chi connectivity index (χ0v) is 12.5. The molecule has 1 aliphatic heterocycles. The first-order chi connectivity index (χ1) is 10.8. The molecule has 0 unspecified atom stereocenters. The van der Waals surface area contributed by atoms with Gasteiger partial charge in [-0.25, -0.2) is 15.0 Å². The van der Waals surface area contributed by atoms with E-state index in [9.17, 15) is 4.79 Å². The highest BCUT2D eigenvalue weighted by atomic mass is 16.2. The Morgan fingerprint density at radius 3 is 2.86 bits per heavy atom. The Bertz CT molecular complexity index is 677. The molecular formula is C15H20N6O. The molecule has 1 saturated heterocycles. The second-order valence-electron chi connectivity index (χ2n) is 6.21. The van der Waals surface area contributed by atoms with Gasteiger partial charge in [0, 0.05) is 19.6 Å². The van der Waals surface area contributed by atoms with E-state index in [2.05, 4.69) is 19.9 Å². The van der Waals surface area contributed by atoms with Crippen molar-refractivity contribution in [3.8, 4) is 0 Å². The molecule has 7 heteroatoms. The summed E-state index contributed by atoms with van der Waals surface area (Å²) in [7, 11) is 0. The summed E-state index contributed by atoms with van der Waals surface area (Å²) in [6.45, 7) is 2.90. The quantitative estimate of drug-likeness (QED) is 0.921. The molecular weight excluding hydrogens is 280 g/mol. The number of imidazole rings is 1. The van der Waals surface area contributed by atoms with Gasteiger partial charge < -0.3 is 14.8 Å². The number of rotatable bonds is 3. The molecule has 0 atom stereocenters. The van der Waals surface area contributed by atoms with Gasteiger partial charge in [-0.1, -0.05) is 12.8 Å². The van der Waals surface area contributed by atoms with E-state index in [4.69, 9.17) is 0 Å². The van der Waals surface area contributed by atoms with E-state index < -0.39 is 0 Å². The van der Waals surface area contributed by atoms with E-state index in [0.717, 1.165) is 31.0 Å². The van der Waals surface area contributed by atoms with Crippen LogP contribution in [-0.4, -0.2) is 56.9 Å². The Morgan fingerprint density at radius 2 is 2.05 bits per heavy atom. The maximum absolute atomic E-state index is 12.5. The van der Waals surface area contributed by atoms with Crippen molar-refractivity contribution in [1.29, 1.82) is 0 Å². The van der Waals surface area contributed by atoms with Crippen LogP contribution in [0.25, 0.3) is 11.2 Å². The fraction of sp³-hybridized carbons (Fsp3) is 0.600. The smallest absolute Gasteiger partial charge is 0.242 e. The van der Waals surface area contributed by atoms with Gasteiger partial charge in [-0.05, 0) is 18.8 Å². The van der Waals surface area contributed by atoms with Crippen LogP contribution in [0.4, 0.5) is 5.82 Å². The first kappa shape index (κ1) is 13.5. The minimum atomic E-state index is 0.199. The highest BCUT2D eigenvalue weighted by molar-refractivity contribution is 5.88. The predicted molar refractivity (Wildman–Crippen MR) is 82.4 cm³/mol. The van der Waals surface area contributed by atoms with Gasteiger partial charge >= 0.3 is 0 Å². The van der Waals surface area contributed by atoms with Crippen LogP contribution in [0.1, 0.15) is 25.7 Å².